The van der Waals surface area contributed by atoms with Crippen molar-refractivity contribution in [3.63, 3.8) is 0 Å². The van der Waals surface area contributed by atoms with E-state index in [0.29, 0.717) is 25.6 Å². The average Bonchev–Trinajstić information content (AvgIpc) is 2.29. The quantitative estimate of drug-likeness (QED) is 0.725. The topological polar surface area (TPSA) is 35.5 Å². The average molecular weight is 250 g/mol. The fraction of sp³-hybridized carbons (Fsp3) is 0.533. The molecule has 1 aromatic rings. The number of benzene rings is 1. The van der Waals surface area contributed by atoms with Gasteiger partial charge in [0.15, 0.2) is 0 Å². The number of hydrogen-bond donors (Lipinski definition) is 0. The zero-order valence-corrected chi connectivity index (χ0v) is 11.7. The van der Waals surface area contributed by atoms with Crippen LogP contribution < -0.4 is 4.74 Å². The highest BCUT2D eigenvalue weighted by atomic mass is 16.5. The first-order valence-corrected chi connectivity index (χ1v) is 6.43. The summed E-state index contributed by atoms with van der Waals surface area (Å²) < 4.78 is 10.6. The molecule has 3 nitrogen and oxygen atoms in total. The minimum absolute atomic E-state index is 0.212. The summed E-state index contributed by atoms with van der Waals surface area (Å²) in [5, 5.41) is 0. The normalized spacial score (nSPS) is 10.5. The maximum Gasteiger partial charge on any atom is 0.309 e. The van der Waals surface area contributed by atoms with Gasteiger partial charge in [0, 0.05) is 0 Å². The summed E-state index contributed by atoms with van der Waals surface area (Å²) in [6.07, 6.45) is 0.291. The first-order chi connectivity index (χ1) is 8.54. The van der Waals surface area contributed by atoms with Crippen LogP contribution in [-0.2, 0) is 9.53 Å². The molecule has 0 aromatic heterocycles. The standard InChI is InChI=1S/C15H22O3/c1-5-17-15(16)8-9-18-14-10-12(4)6-7-13(14)11(2)3/h6-7,10-11H,5,8-9H2,1-4H3. The summed E-state index contributed by atoms with van der Waals surface area (Å²) in [6, 6.07) is 6.17. The van der Waals surface area contributed by atoms with Crippen molar-refractivity contribution in [3.05, 3.63) is 29.3 Å². The molecule has 18 heavy (non-hydrogen) atoms. The first kappa shape index (κ1) is 14.6. The van der Waals surface area contributed by atoms with E-state index in [1.54, 1.807) is 6.92 Å². The molecule has 0 spiro atoms. The number of carbonyl (C=O) groups excluding carboxylic acids is 1. The molecule has 3 heteroatoms. The third kappa shape index (κ3) is 4.40. The Hall–Kier alpha value is -1.51. The predicted molar refractivity (Wildman–Crippen MR) is 72.0 cm³/mol. The van der Waals surface area contributed by atoms with Crippen molar-refractivity contribution in [1.82, 2.24) is 0 Å². The highest BCUT2D eigenvalue weighted by Gasteiger charge is 2.09. The van der Waals surface area contributed by atoms with Gasteiger partial charge in [0.1, 0.15) is 5.75 Å². The van der Waals surface area contributed by atoms with Crippen LogP contribution in [0.4, 0.5) is 0 Å². The minimum atomic E-state index is -0.212. The SMILES string of the molecule is CCOC(=O)CCOc1cc(C)ccc1C(C)C. The number of hydrogen-bond acceptors (Lipinski definition) is 3. The molecule has 0 fully saturated rings. The Kier molecular flexibility index (Phi) is 5.69. The molecule has 0 radical (unpaired) electrons. The van der Waals surface area contributed by atoms with Crippen molar-refractivity contribution in [3.8, 4) is 5.75 Å². The van der Waals surface area contributed by atoms with Gasteiger partial charge in [0.05, 0.1) is 19.6 Å². The predicted octanol–water partition coefficient (Wildman–Crippen LogP) is 3.45. The van der Waals surface area contributed by atoms with Gasteiger partial charge < -0.3 is 9.47 Å². The first-order valence-electron chi connectivity index (χ1n) is 6.43. The van der Waals surface area contributed by atoms with Crippen molar-refractivity contribution in [2.75, 3.05) is 13.2 Å². The molecule has 1 rings (SSSR count). The summed E-state index contributed by atoms with van der Waals surface area (Å²) in [4.78, 5) is 11.2. The molecule has 0 aliphatic carbocycles. The molecule has 0 bridgehead atoms. The van der Waals surface area contributed by atoms with Crippen LogP contribution in [-0.4, -0.2) is 19.2 Å². The molecule has 0 atom stereocenters. The maximum absolute atomic E-state index is 11.2. The third-order valence-corrected chi connectivity index (χ3v) is 2.66. The fourth-order valence-electron chi connectivity index (χ4n) is 1.72. The van der Waals surface area contributed by atoms with Crippen LogP contribution in [0.5, 0.6) is 5.75 Å². The second kappa shape index (κ2) is 7.04. The van der Waals surface area contributed by atoms with E-state index in [0.717, 1.165) is 11.3 Å². The van der Waals surface area contributed by atoms with E-state index in [-0.39, 0.29) is 5.97 Å². The van der Waals surface area contributed by atoms with Gasteiger partial charge in [-0.05, 0) is 37.0 Å². The summed E-state index contributed by atoms with van der Waals surface area (Å²) in [7, 11) is 0. The monoisotopic (exact) mass is 250 g/mol. The second-order valence-corrected chi connectivity index (χ2v) is 4.60. The highest BCUT2D eigenvalue weighted by Crippen LogP contribution is 2.27. The number of carbonyl (C=O) groups is 1. The van der Waals surface area contributed by atoms with Gasteiger partial charge in [-0.25, -0.2) is 0 Å². The van der Waals surface area contributed by atoms with E-state index in [1.807, 2.05) is 13.0 Å². The van der Waals surface area contributed by atoms with Gasteiger partial charge in [-0.2, -0.15) is 0 Å². The van der Waals surface area contributed by atoms with Gasteiger partial charge in [0.2, 0.25) is 0 Å². The van der Waals surface area contributed by atoms with E-state index in [4.69, 9.17) is 9.47 Å². The Labute approximate surface area is 109 Å². The van der Waals surface area contributed by atoms with Gasteiger partial charge in [0.25, 0.3) is 0 Å². The number of esters is 1. The van der Waals surface area contributed by atoms with Crippen molar-refractivity contribution >= 4 is 5.97 Å². The van der Waals surface area contributed by atoms with Crippen molar-refractivity contribution in [2.45, 2.75) is 40.0 Å². The zero-order chi connectivity index (χ0) is 13.5. The Balaban J connectivity index is 2.60. The van der Waals surface area contributed by atoms with Gasteiger partial charge >= 0.3 is 5.97 Å². The van der Waals surface area contributed by atoms with E-state index >= 15 is 0 Å². The van der Waals surface area contributed by atoms with Crippen LogP contribution >= 0.6 is 0 Å². The second-order valence-electron chi connectivity index (χ2n) is 4.60. The van der Waals surface area contributed by atoms with E-state index in [9.17, 15) is 4.79 Å². The molecular formula is C15H22O3. The molecule has 0 unspecified atom stereocenters. The van der Waals surface area contributed by atoms with Crippen LogP contribution in [0, 0.1) is 6.92 Å². The molecule has 100 valence electrons. The Morgan fingerprint density at radius 1 is 1.33 bits per heavy atom. The van der Waals surface area contributed by atoms with Gasteiger partial charge in [-0.1, -0.05) is 26.0 Å². The minimum Gasteiger partial charge on any atom is -0.493 e. The van der Waals surface area contributed by atoms with Crippen LogP contribution in [0.25, 0.3) is 0 Å². The molecule has 0 saturated heterocycles. The molecule has 0 amide bonds. The Morgan fingerprint density at radius 3 is 2.67 bits per heavy atom. The lowest BCUT2D eigenvalue weighted by Gasteiger charge is -2.14. The van der Waals surface area contributed by atoms with Gasteiger partial charge in [-0.15, -0.1) is 0 Å². The van der Waals surface area contributed by atoms with Crippen molar-refractivity contribution < 1.29 is 14.3 Å². The van der Waals surface area contributed by atoms with Crippen LogP contribution in [0.3, 0.4) is 0 Å². The van der Waals surface area contributed by atoms with Crippen LogP contribution in [0.15, 0.2) is 18.2 Å². The van der Waals surface area contributed by atoms with Crippen LogP contribution in [0.1, 0.15) is 44.2 Å². The molecule has 0 aliphatic heterocycles. The largest absolute Gasteiger partial charge is 0.493 e. The van der Waals surface area contributed by atoms with Crippen molar-refractivity contribution in [1.29, 1.82) is 0 Å². The summed E-state index contributed by atoms with van der Waals surface area (Å²) >= 11 is 0. The number of aryl methyl sites for hydroxylation is 1. The highest BCUT2D eigenvalue weighted by molar-refractivity contribution is 5.69. The number of rotatable bonds is 6. The Morgan fingerprint density at radius 2 is 2.06 bits per heavy atom. The molecular weight excluding hydrogens is 228 g/mol. The lowest BCUT2D eigenvalue weighted by atomic mass is 10.0. The van der Waals surface area contributed by atoms with E-state index < -0.39 is 0 Å². The maximum atomic E-state index is 11.2. The molecule has 0 aliphatic rings. The zero-order valence-electron chi connectivity index (χ0n) is 11.7. The van der Waals surface area contributed by atoms with E-state index in [1.165, 1.54) is 5.56 Å². The smallest absolute Gasteiger partial charge is 0.309 e. The fourth-order valence-corrected chi connectivity index (χ4v) is 1.72. The summed E-state index contributed by atoms with van der Waals surface area (Å²) in [5.74, 6) is 1.06. The number of ether oxygens (including phenoxy) is 2. The summed E-state index contributed by atoms with van der Waals surface area (Å²) in [5.41, 5.74) is 2.33. The molecule has 0 saturated carbocycles. The molecule has 0 heterocycles. The van der Waals surface area contributed by atoms with Crippen LogP contribution in [0.2, 0.25) is 0 Å². The molecule has 1 aromatic carbocycles. The lowest BCUT2D eigenvalue weighted by molar-refractivity contribution is -0.143. The molecule has 0 N–H and O–H groups in total. The van der Waals surface area contributed by atoms with E-state index in [2.05, 4.69) is 26.0 Å². The Bertz CT molecular complexity index is 397. The third-order valence-electron chi connectivity index (χ3n) is 2.66. The summed E-state index contributed by atoms with van der Waals surface area (Å²) in [6.45, 7) is 8.87. The van der Waals surface area contributed by atoms with Crippen molar-refractivity contribution in [2.24, 2.45) is 0 Å². The lowest BCUT2D eigenvalue weighted by Crippen LogP contribution is -2.10. The van der Waals surface area contributed by atoms with Gasteiger partial charge in [-0.3, -0.25) is 4.79 Å².